The second-order valence-electron chi connectivity index (χ2n) is 7.36. The van der Waals surface area contributed by atoms with Crippen molar-refractivity contribution in [2.24, 2.45) is 0 Å². The topological polar surface area (TPSA) is 112 Å². The molecule has 3 aromatic rings. The van der Waals surface area contributed by atoms with Gasteiger partial charge in [0.2, 0.25) is 5.95 Å². The van der Waals surface area contributed by atoms with Crippen LogP contribution in [0.2, 0.25) is 0 Å². The van der Waals surface area contributed by atoms with E-state index < -0.39 is 6.04 Å². The van der Waals surface area contributed by atoms with Gasteiger partial charge in [-0.2, -0.15) is 4.68 Å². The van der Waals surface area contributed by atoms with Crippen molar-refractivity contribution in [2.75, 3.05) is 31.0 Å². The Morgan fingerprint density at radius 3 is 2.68 bits per heavy atom. The third-order valence-electron chi connectivity index (χ3n) is 5.25. The Bertz CT molecular complexity index is 1240. The van der Waals surface area contributed by atoms with Crippen LogP contribution in [0.3, 0.4) is 0 Å². The zero-order valence-electron chi connectivity index (χ0n) is 19.3. The van der Waals surface area contributed by atoms with Gasteiger partial charge in [0.05, 0.1) is 36.1 Å². The van der Waals surface area contributed by atoms with Gasteiger partial charge < -0.3 is 24.8 Å². The number of allylic oxidation sites excluding steroid dienone is 1. The van der Waals surface area contributed by atoms with Crippen LogP contribution in [-0.2, 0) is 4.79 Å². The van der Waals surface area contributed by atoms with Gasteiger partial charge in [0.25, 0.3) is 5.91 Å². The summed E-state index contributed by atoms with van der Waals surface area (Å²) in [4.78, 5) is 13.6. The molecule has 0 saturated carbocycles. The Balaban J connectivity index is 1.79. The Morgan fingerprint density at radius 2 is 1.94 bits per heavy atom. The van der Waals surface area contributed by atoms with E-state index in [0.717, 1.165) is 5.56 Å². The van der Waals surface area contributed by atoms with E-state index in [2.05, 4.69) is 42.1 Å². The van der Waals surface area contributed by atoms with Gasteiger partial charge in [-0.15, -0.1) is 0 Å². The number of nitrogens with zero attached hydrogens (tertiary/aromatic N) is 4. The maximum atomic E-state index is 13.6. The molecule has 0 spiro atoms. The summed E-state index contributed by atoms with van der Waals surface area (Å²) in [6.45, 7) is 6.56. The summed E-state index contributed by atoms with van der Waals surface area (Å²) >= 11 is 3.58. The van der Waals surface area contributed by atoms with Crippen LogP contribution in [-0.4, -0.2) is 46.4 Å². The quantitative estimate of drug-likeness (QED) is 0.447. The molecule has 0 bridgehead atoms. The highest BCUT2D eigenvalue weighted by atomic mass is 79.9. The SMILES string of the molecule is CCOc1ccccc1NC(=O)C1=C(C)Nc2nnnn2C1c1cc(Br)c(OCC)c(OC)c1. The van der Waals surface area contributed by atoms with E-state index in [1.165, 1.54) is 0 Å². The first-order valence-electron chi connectivity index (χ1n) is 10.8. The molecule has 1 aromatic heterocycles. The molecule has 0 radical (unpaired) electrons. The molecule has 11 heteroatoms. The lowest BCUT2D eigenvalue weighted by Crippen LogP contribution is -2.31. The largest absolute Gasteiger partial charge is 0.493 e. The summed E-state index contributed by atoms with van der Waals surface area (Å²) in [5, 5.41) is 18.1. The van der Waals surface area contributed by atoms with E-state index >= 15 is 0 Å². The van der Waals surface area contributed by atoms with Crippen molar-refractivity contribution in [2.45, 2.75) is 26.8 Å². The predicted molar refractivity (Wildman–Crippen MR) is 130 cm³/mol. The number of methoxy groups -OCH3 is 1. The monoisotopic (exact) mass is 528 g/mol. The molecule has 2 N–H and O–H groups in total. The molecule has 2 aromatic carbocycles. The van der Waals surface area contributed by atoms with E-state index in [1.807, 2.05) is 51.1 Å². The van der Waals surface area contributed by atoms with Gasteiger partial charge in [0, 0.05) is 5.70 Å². The molecule has 178 valence electrons. The normalized spacial score (nSPS) is 14.8. The number of halogens is 1. The fraction of sp³-hybridized carbons (Fsp3) is 0.304. The predicted octanol–water partition coefficient (Wildman–Crippen LogP) is 4.17. The van der Waals surface area contributed by atoms with Crippen molar-refractivity contribution in [3.63, 3.8) is 0 Å². The maximum absolute atomic E-state index is 13.6. The van der Waals surface area contributed by atoms with Gasteiger partial charge in [-0.25, -0.2) is 0 Å². The standard InChI is InChI=1S/C23H25BrN6O4/c1-5-33-17-10-8-7-9-16(17)26-22(31)19-13(3)25-23-27-28-29-30(23)20(19)14-11-15(24)21(34-6-2)18(12-14)32-4/h7-12,20H,5-6H2,1-4H3,(H,26,31)(H,25,27,29). The second kappa shape index (κ2) is 10.1. The van der Waals surface area contributed by atoms with Gasteiger partial charge in [-0.3, -0.25) is 4.79 Å². The summed E-state index contributed by atoms with van der Waals surface area (Å²) < 4.78 is 19.2. The highest BCUT2D eigenvalue weighted by molar-refractivity contribution is 9.10. The number of hydrogen-bond donors (Lipinski definition) is 2. The van der Waals surface area contributed by atoms with Crippen LogP contribution in [0.5, 0.6) is 17.2 Å². The number of aromatic nitrogens is 4. The average Bonchev–Trinajstić information content (AvgIpc) is 3.28. The number of rotatable bonds is 8. The third kappa shape index (κ3) is 4.43. The molecule has 0 aliphatic carbocycles. The molecule has 1 amide bonds. The number of carbonyl (C=O) groups is 1. The lowest BCUT2D eigenvalue weighted by atomic mass is 9.94. The first-order valence-corrected chi connectivity index (χ1v) is 11.6. The summed E-state index contributed by atoms with van der Waals surface area (Å²) in [6, 6.07) is 10.4. The molecule has 1 atom stereocenters. The number of carbonyl (C=O) groups excluding carboxylic acids is 1. The maximum Gasteiger partial charge on any atom is 0.255 e. The molecule has 1 unspecified atom stereocenters. The van der Waals surface area contributed by atoms with Gasteiger partial charge in [0.1, 0.15) is 11.8 Å². The Morgan fingerprint density at radius 1 is 1.18 bits per heavy atom. The lowest BCUT2D eigenvalue weighted by Gasteiger charge is -2.28. The Hall–Kier alpha value is -3.60. The van der Waals surface area contributed by atoms with E-state index in [4.69, 9.17) is 14.2 Å². The van der Waals surface area contributed by atoms with Gasteiger partial charge in [-0.1, -0.05) is 17.2 Å². The van der Waals surface area contributed by atoms with Gasteiger partial charge >= 0.3 is 0 Å². The van der Waals surface area contributed by atoms with Crippen molar-refractivity contribution in [1.29, 1.82) is 0 Å². The molecule has 10 nitrogen and oxygen atoms in total. The highest BCUT2D eigenvalue weighted by Gasteiger charge is 2.35. The fourth-order valence-electron chi connectivity index (χ4n) is 3.84. The summed E-state index contributed by atoms with van der Waals surface area (Å²) in [6.07, 6.45) is 0. The molecule has 1 aliphatic heterocycles. The molecular formula is C23H25BrN6O4. The number of tetrazole rings is 1. The Labute approximate surface area is 205 Å². The zero-order chi connectivity index (χ0) is 24.2. The minimum atomic E-state index is -0.619. The summed E-state index contributed by atoms with van der Waals surface area (Å²) in [5.41, 5.74) is 2.39. The highest BCUT2D eigenvalue weighted by Crippen LogP contribution is 2.42. The minimum Gasteiger partial charge on any atom is -0.493 e. The molecule has 2 heterocycles. The molecule has 0 saturated heterocycles. The number of para-hydroxylation sites is 2. The number of anilines is 2. The number of ether oxygens (including phenoxy) is 3. The van der Waals surface area contributed by atoms with Gasteiger partial charge in [-0.05, 0) is 77.0 Å². The van der Waals surface area contributed by atoms with Crippen molar-refractivity contribution >= 4 is 33.5 Å². The molecule has 1 aliphatic rings. The zero-order valence-corrected chi connectivity index (χ0v) is 20.8. The average molecular weight is 529 g/mol. The van der Waals surface area contributed by atoms with Crippen LogP contribution in [0.1, 0.15) is 32.4 Å². The number of fused-ring (bicyclic) bond motifs is 1. The van der Waals surface area contributed by atoms with E-state index in [9.17, 15) is 4.79 Å². The number of amides is 1. The van der Waals surface area contributed by atoms with Crippen LogP contribution in [0.25, 0.3) is 0 Å². The first kappa shape index (κ1) is 23.6. The van der Waals surface area contributed by atoms with Crippen molar-refractivity contribution < 1.29 is 19.0 Å². The molecular weight excluding hydrogens is 504 g/mol. The molecule has 34 heavy (non-hydrogen) atoms. The lowest BCUT2D eigenvalue weighted by molar-refractivity contribution is -0.113. The Kier molecular flexibility index (Phi) is 7.01. The number of benzene rings is 2. The summed E-state index contributed by atoms with van der Waals surface area (Å²) in [5.74, 6) is 1.81. The van der Waals surface area contributed by atoms with Crippen LogP contribution >= 0.6 is 15.9 Å². The van der Waals surface area contributed by atoms with Crippen LogP contribution in [0.15, 0.2) is 52.1 Å². The van der Waals surface area contributed by atoms with Gasteiger partial charge in [0.15, 0.2) is 11.5 Å². The van der Waals surface area contributed by atoms with Crippen molar-refractivity contribution in [1.82, 2.24) is 20.2 Å². The van der Waals surface area contributed by atoms with Crippen molar-refractivity contribution in [3.8, 4) is 17.2 Å². The number of hydrogen-bond acceptors (Lipinski definition) is 8. The second-order valence-corrected chi connectivity index (χ2v) is 8.22. The number of nitrogens with one attached hydrogen (secondary N) is 2. The van der Waals surface area contributed by atoms with Crippen molar-refractivity contribution in [3.05, 3.63) is 57.7 Å². The van der Waals surface area contributed by atoms with Crippen LogP contribution < -0.4 is 24.8 Å². The summed E-state index contributed by atoms with van der Waals surface area (Å²) in [7, 11) is 1.57. The van der Waals surface area contributed by atoms with E-state index in [1.54, 1.807) is 17.9 Å². The third-order valence-corrected chi connectivity index (χ3v) is 5.84. The molecule has 4 rings (SSSR count). The fourth-order valence-corrected chi connectivity index (χ4v) is 4.41. The van der Waals surface area contributed by atoms with Crippen LogP contribution in [0.4, 0.5) is 11.6 Å². The van der Waals surface area contributed by atoms with E-state index in [-0.39, 0.29) is 5.91 Å². The minimum absolute atomic E-state index is 0.313. The molecule has 0 fully saturated rings. The smallest absolute Gasteiger partial charge is 0.255 e. The first-order chi connectivity index (χ1) is 16.5. The van der Waals surface area contributed by atoms with Crippen LogP contribution in [0, 0.1) is 0 Å². The van der Waals surface area contributed by atoms with E-state index in [0.29, 0.717) is 57.8 Å².